The zero-order chi connectivity index (χ0) is 13.2. The Morgan fingerprint density at radius 1 is 1.28 bits per heavy atom. The quantitative estimate of drug-likeness (QED) is 0.898. The molecule has 1 aliphatic rings. The first-order valence-electron chi connectivity index (χ1n) is 6.09. The molecular formula is C13H16F3NO. The lowest BCUT2D eigenvalue weighted by molar-refractivity contribution is -0.135. The van der Waals surface area contributed by atoms with Gasteiger partial charge in [0.2, 0.25) is 0 Å². The predicted molar refractivity (Wildman–Crippen MR) is 63.9 cm³/mol. The summed E-state index contributed by atoms with van der Waals surface area (Å²) in [4.78, 5) is 1.98. The van der Waals surface area contributed by atoms with Crippen LogP contribution >= 0.6 is 0 Å². The number of nitrogens with zero attached hydrogens (tertiary/aromatic N) is 1. The predicted octanol–water partition coefficient (Wildman–Crippen LogP) is 3.49. The van der Waals surface area contributed by atoms with Gasteiger partial charge in [0.1, 0.15) is 5.75 Å². The van der Waals surface area contributed by atoms with Gasteiger partial charge >= 0.3 is 6.18 Å². The van der Waals surface area contributed by atoms with Crippen molar-refractivity contribution < 1.29 is 18.3 Å². The van der Waals surface area contributed by atoms with Crippen LogP contribution in [0.2, 0.25) is 0 Å². The number of hydrogen-bond acceptors (Lipinski definition) is 2. The minimum atomic E-state index is -4.08. The van der Waals surface area contributed by atoms with Crippen LogP contribution in [-0.2, 0) is 6.42 Å². The first-order chi connectivity index (χ1) is 8.46. The molecule has 0 amide bonds. The average molecular weight is 259 g/mol. The van der Waals surface area contributed by atoms with Crippen molar-refractivity contribution in [2.45, 2.75) is 31.9 Å². The molecule has 0 bridgehead atoms. The maximum absolute atomic E-state index is 12.1. The second-order valence-electron chi connectivity index (χ2n) is 4.62. The van der Waals surface area contributed by atoms with Crippen molar-refractivity contribution in [3.8, 4) is 5.75 Å². The van der Waals surface area contributed by atoms with Crippen molar-refractivity contribution in [3.05, 3.63) is 23.8 Å². The first kappa shape index (κ1) is 13.1. The molecule has 0 fully saturated rings. The third kappa shape index (κ3) is 3.31. The van der Waals surface area contributed by atoms with Crippen LogP contribution in [0.4, 0.5) is 18.9 Å². The second-order valence-corrected chi connectivity index (χ2v) is 4.62. The Bertz CT molecular complexity index is 417. The Kier molecular flexibility index (Phi) is 3.68. The molecule has 1 aliphatic heterocycles. The van der Waals surface area contributed by atoms with Gasteiger partial charge in [0, 0.05) is 25.2 Å². The maximum Gasteiger partial charge on any atom is 0.389 e. The monoisotopic (exact) mass is 259 g/mol. The van der Waals surface area contributed by atoms with Crippen molar-refractivity contribution in [3.63, 3.8) is 0 Å². The summed E-state index contributed by atoms with van der Waals surface area (Å²) >= 11 is 0. The molecule has 0 saturated carbocycles. The lowest BCUT2D eigenvalue weighted by atomic mass is 10.0. The number of aromatic hydroxyl groups is 1. The number of aryl methyl sites for hydroxylation is 1. The van der Waals surface area contributed by atoms with E-state index in [9.17, 15) is 18.3 Å². The van der Waals surface area contributed by atoms with E-state index in [1.165, 1.54) is 0 Å². The second kappa shape index (κ2) is 5.08. The summed E-state index contributed by atoms with van der Waals surface area (Å²) in [6.07, 6.45) is -2.91. The van der Waals surface area contributed by atoms with E-state index in [1.807, 2.05) is 4.90 Å². The Morgan fingerprint density at radius 2 is 2.06 bits per heavy atom. The van der Waals surface area contributed by atoms with Gasteiger partial charge in [-0.2, -0.15) is 13.2 Å². The molecule has 0 saturated heterocycles. The van der Waals surface area contributed by atoms with E-state index >= 15 is 0 Å². The fourth-order valence-corrected chi connectivity index (χ4v) is 2.36. The summed E-state index contributed by atoms with van der Waals surface area (Å²) < 4.78 is 36.3. The highest BCUT2D eigenvalue weighted by molar-refractivity contribution is 5.57. The van der Waals surface area contributed by atoms with Crippen molar-refractivity contribution in [2.75, 3.05) is 18.0 Å². The normalized spacial score (nSPS) is 15.6. The van der Waals surface area contributed by atoms with E-state index in [-0.39, 0.29) is 12.2 Å². The van der Waals surface area contributed by atoms with Crippen LogP contribution in [-0.4, -0.2) is 24.4 Å². The highest BCUT2D eigenvalue weighted by Crippen LogP contribution is 2.31. The molecule has 0 radical (unpaired) electrons. The van der Waals surface area contributed by atoms with Gasteiger partial charge in [-0.05, 0) is 43.0 Å². The molecule has 5 heteroatoms. The molecule has 0 spiro atoms. The van der Waals surface area contributed by atoms with Gasteiger partial charge in [-0.15, -0.1) is 0 Å². The Labute approximate surface area is 104 Å². The molecule has 100 valence electrons. The van der Waals surface area contributed by atoms with E-state index in [0.29, 0.717) is 6.54 Å². The molecule has 1 aromatic rings. The van der Waals surface area contributed by atoms with E-state index in [2.05, 4.69) is 0 Å². The van der Waals surface area contributed by atoms with Gasteiger partial charge < -0.3 is 10.0 Å². The summed E-state index contributed by atoms with van der Waals surface area (Å²) in [5.41, 5.74) is 1.98. The topological polar surface area (TPSA) is 23.5 Å². The summed E-state index contributed by atoms with van der Waals surface area (Å²) in [6.45, 7) is 1.20. The number of benzene rings is 1. The minimum absolute atomic E-state index is 0.115. The molecule has 2 nitrogen and oxygen atoms in total. The summed E-state index contributed by atoms with van der Waals surface area (Å²) in [5, 5.41) is 9.39. The zero-order valence-corrected chi connectivity index (χ0v) is 10.0. The van der Waals surface area contributed by atoms with Crippen LogP contribution in [0.15, 0.2) is 18.2 Å². The van der Waals surface area contributed by atoms with Gasteiger partial charge in [-0.3, -0.25) is 0 Å². The SMILES string of the molecule is Oc1ccc2c(c1)CCCN2CCCC(F)(F)F. The van der Waals surface area contributed by atoms with Gasteiger partial charge in [-0.1, -0.05) is 0 Å². The molecular weight excluding hydrogens is 243 g/mol. The third-order valence-electron chi connectivity index (χ3n) is 3.17. The van der Waals surface area contributed by atoms with E-state index in [4.69, 9.17) is 0 Å². The highest BCUT2D eigenvalue weighted by Gasteiger charge is 2.27. The van der Waals surface area contributed by atoms with Crippen molar-refractivity contribution in [1.82, 2.24) is 0 Å². The number of phenolic OH excluding ortho intramolecular Hbond substituents is 1. The molecule has 18 heavy (non-hydrogen) atoms. The standard InChI is InChI=1S/C13H16F3NO/c14-13(15,16)6-2-8-17-7-1-3-10-9-11(18)4-5-12(10)17/h4-5,9,18H,1-3,6-8H2. The van der Waals surface area contributed by atoms with Crippen LogP contribution in [0, 0.1) is 0 Å². The molecule has 0 atom stereocenters. The number of rotatable bonds is 3. The highest BCUT2D eigenvalue weighted by atomic mass is 19.4. The fourth-order valence-electron chi connectivity index (χ4n) is 2.36. The first-order valence-corrected chi connectivity index (χ1v) is 6.09. The van der Waals surface area contributed by atoms with Crippen LogP contribution < -0.4 is 4.90 Å². The van der Waals surface area contributed by atoms with Crippen molar-refractivity contribution >= 4 is 5.69 Å². The van der Waals surface area contributed by atoms with Gasteiger partial charge in [-0.25, -0.2) is 0 Å². The lowest BCUT2D eigenvalue weighted by Gasteiger charge is -2.31. The maximum atomic E-state index is 12.1. The lowest BCUT2D eigenvalue weighted by Crippen LogP contribution is -2.30. The third-order valence-corrected chi connectivity index (χ3v) is 3.17. The number of alkyl halides is 3. The Hall–Kier alpha value is -1.39. The van der Waals surface area contributed by atoms with E-state index in [1.54, 1.807) is 18.2 Å². The molecule has 2 rings (SSSR count). The van der Waals surface area contributed by atoms with E-state index in [0.717, 1.165) is 30.6 Å². The Balaban J connectivity index is 2.00. The molecule has 0 aromatic heterocycles. The number of fused-ring (bicyclic) bond motifs is 1. The molecule has 1 aromatic carbocycles. The number of hydrogen-bond donors (Lipinski definition) is 1. The number of anilines is 1. The van der Waals surface area contributed by atoms with Crippen molar-refractivity contribution in [1.29, 1.82) is 0 Å². The molecule has 0 aliphatic carbocycles. The van der Waals surface area contributed by atoms with Gasteiger partial charge in [0.25, 0.3) is 0 Å². The smallest absolute Gasteiger partial charge is 0.389 e. The molecule has 1 heterocycles. The van der Waals surface area contributed by atoms with Gasteiger partial charge in [0.05, 0.1) is 0 Å². The van der Waals surface area contributed by atoms with Crippen LogP contribution in [0.25, 0.3) is 0 Å². The summed E-state index contributed by atoms with van der Waals surface area (Å²) in [5.74, 6) is 0.214. The van der Waals surface area contributed by atoms with Crippen LogP contribution in [0.5, 0.6) is 5.75 Å². The van der Waals surface area contributed by atoms with Gasteiger partial charge in [0.15, 0.2) is 0 Å². The van der Waals surface area contributed by atoms with Crippen molar-refractivity contribution in [2.24, 2.45) is 0 Å². The van der Waals surface area contributed by atoms with Crippen LogP contribution in [0.3, 0.4) is 0 Å². The number of halogens is 3. The molecule has 0 unspecified atom stereocenters. The molecule has 1 N–H and O–H groups in total. The summed E-state index contributed by atoms with van der Waals surface area (Å²) in [7, 11) is 0. The minimum Gasteiger partial charge on any atom is -0.508 e. The zero-order valence-electron chi connectivity index (χ0n) is 10.0. The largest absolute Gasteiger partial charge is 0.508 e. The van der Waals surface area contributed by atoms with E-state index < -0.39 is 12.6 Å². The Morgan fingerprint density at radius 3 is 2.78 bits per heavy atom. The van der Waals surface area contributed by atoms with Crippen LogP contribution in [0.1, 0.15) is 24.8 Å². The average Bonchev–Trinajstić information content (AvgIpc) is 2.27. The fraction of sp³-hybridized carbons (Fsp3) is 0.538. The summed E-state index contributed by atoms with van der Waals surface area (Å²) in [6, 6.07) is 5.07. The number of phenols is 1.